The summed E-state index contributed by atoms with van der Waals surface area (Å²) in [4.78, 5) is 48.1. The van der Waals surface area contributed by atoms with Crippen LogP contribution in [0, 0.1) is 0 Å². The minimum Gasteiger partial charge on any atom is -0.491 e. The Morgan fingerprint density at radius 1 is 0.596 bits per heavy atom. The molecule has 0 saturated carbocycles. The van der Waals surface area contributed by atoms with Crippen molar-refractivity contribution in [3.05, 3.63) is 132 Å². The predicted octanol–water partition coefficient (Wildman–Crippen LogP) is 5.20. The van der Waals surface area contributed by atoms with E-state index in [-0.39, 0.29) is 32.3 Å². The fraction of sp³-hybridized carbons (Fsp3) is 0.200. The molecule has 0 aliphatic heterocycles. The molecule has 0 radical (unpaired) electrons. The normalized spacial score (nSPS) is 13.7. The van der Waals surface area contributed by atoms with Crippen molar-refractivity contribution >= 4 is 23.9 Å². The van der Waals surface area contributed by atoms with E-state index in [1.165, 1.54) is 0 Å². The summed E-state index contributed by atoms with van der Waals surface area (Å²) in [5.41, 5.74) is 4.43. The lowest BCUT2D eigenvalue weighted by molar-refractivity contribution is -0.142. The standard InChI is InChI=1S/C40H36O12/c1-4-37(43)49-22-27(41)20-47-29-10-6-25(7-11-29)39(45)51-31-14-16-33-34-17-15-32(19-36(34)24(3)35(33)18-31)52-40(46)26-8-12-30(13-9-26)48-21-28(42)23-50-38(44)5-2/h4-19,24,27-28,41-42H,1-2,20-23H2,3H3. The molecule has 0 aromatic heterocycles. The summed E-state index contributed by atoms with van der Waals surface area (Å²) in [5.74, 6) is -0.959. The first-order valence-electron chi connectivity index (χ1n) is 16.2. The highest BCUT2D eigenvalue weighted by molar-refractivity contribution is 5.92. The number of fused-ring (bicyclic) bond motifs is 3. The van der Waals surface area contributed by atoms with Gasteiger partial charge in [-0.25, -0.2) is 19.2 Å². The Hall–Kier alpha value is -6.24. The molecule has 0 fully saturated rings. The number of benzene rings is 4. The Morgan fingerprint density at radius 2 is 0.962 bits per heavy atom. The Kier molecular flexibility index (Phi) is 12.2. The van der Waals surface area contributed by atoms with E-state index in [4.69, 9.17) is 28.4 Å². The topological polar surface area (TPSA) is 164 Å². The SMILES string of the molecule is C=CC(=O)OCC(O)COc1ccc(C(=O)Oc2ccc3c(c2)C(C)c2cc(OC(=O)c4ccc(OCC(O)COC(=O)C=C)cc4)ccc2-3)cc1. The number of aliphatic hydroxyl groups excluding tert-OH is 2. The van der Waals surface area contributed by atoms with Crippen molar-refractivity contribution in [2.45, 2.75) is 25.0 Å². The molecule has 5 rings (SSSR count). The van der Waals surface area contributed by atoms with Crippen LogP contribution in [0.15, 0.2) is 110 Å². The molecule has 1 aliphatic carbocycles. The maximum absolute atomic E-state index is 12.9. The van der Waals surface area contributed by atoms with Gasteiger partial charge in [-0.2, -0.15) is 0 Å². The van der Waals surface area contributed by atoms with Crippen molar-refractivity contribution in [2.24, 2.45) is 0 Å². The Balaban J connectivity index is 1.14. The average Bonchev–Trinajstić information content (AvgIpc) is 3.44. The molecule has 2 N–H and O–H groups in total. The maximum Gasteiger partial charge on any atom is 0.343 e. The van der Waals surface area contributed by atoms with Gasteiger partial charge in [-0.15, -0.1) is 0 Å². The Morgan fingerprint density at radius 3 is 1.33 bits per heavy atom. The minimum atomic E-state index is -1.03. The van der Waals surface area contributed by atoms with Crippen molar-refractivity contribution in [1.29, 1.82) is 0 Å². The van der Waals surface area contributed by atoms with Gasteiger partial charge in [0.1, 0.15) is 61.6 Å². The summed E-state index contributed by atoms with van der Waals surface area (Å²) in [7, 11) is 0. The van der Waals surface area contributed by atoms with E-state index in [0.717, 1.165) is 34.4 Å². The molecule has 0 saturated heterocycles. The van der Waals surface area contributed by atoms with Gasteiger partial charge in [0.15, 0.2) is 0 Å². The summed E-state index contributed by atoms with van der Waals surface area (Å²) in [6.07, 6.45) is -0.0697. The number of aliphatic hydroxyl groups is 2. The molecule has 0 spiro atoms. The van der Waals surface area contributed by atoms with Crippen LogP contribution in [0.4, 0.5) is 0 Å². The fourth-order valence-corrected chi connectivity index (χ4v) is 5.25. The van der Waals surface area contributed by atoms with Gasteiger partial charge in [-0.3, -0.25) is 0 Å². The van der Waals surface area contributed by atoms with Crippen LogP contribution < -0.4 is 18.9 Å². The molecular weight excluding hydrogens is 672 g/mol. The molecule has 12 nitrogen and oxygen atoms in total. The lowest BCUT2D eigenvalue weighted by Gasteiger charge is -2.13. The van der Waals surface area contributed by atoms with Gasteiger partial charge in [0.2, 0.25) is 0 Å². The van der Waals surface area contributed by atoms with E-state index >= 15 is 0 Å². The van der Waals surface area contributed by atoms with E-state index in [1.54, 1.807) is 60.7 Å². The zero-order valence-corrected chi connectivity index (χ0v) is 28.2. The molecule has 0 amide bonds. The fourth-order valence-electron chi connectivity index (χ4n) is 5.25. The van der Waals surface area contributed by atoms with Crippen molar-refractivity contribution in [3.8, 4) is 34.1 Å². The van der Waals surface area contributed by atoms with Crippen LogP contribution in [-0.4, -0.2) is 72.7 Å². The summed E-state index contributed by atoms with van der Waals surface area (Å²) < 4.78 is 31.9. The van der Waals surface area contributed by atoms with Gasteiger partial charge < -0.3 is 38.6 Å². The second-order valence-electron chi connectivity index (χ2n) is 11.6. The van der Waals surface area contributed by atoms with Crippen molar-refractivity contribution in [1.82, 2.24) is 0 Å². The zero-order chi connectivity index (χ0) is 37.2. The van der Waals surface area contributed by atoms with Gasteiger partial charge in [0.25, 0.3) is 0 Å². The summed E-state index contributed by atoms with van der Waals surface area (Å²) in [6, 6.07) is 23.3. The second kappa shape index (κ2) is 17.1. The molecule has 4 aromatic carbocycles. The first-order valence-corrected chi connectivity index (χ1v) is 16.2. The van der Waals surface area contributed by atoms with Crippen LogP contribution in [0.1, 0.15) is 44.7 Å². The third kappa shape index (κ3) is 9.50. The van der Waals surface area contributed by atoms with Crippen LogP contribution in [0.3, 0.4) is 0 Å². The van der Waals surface area contributed by atoms with E-state index in [2.05, 4.69) is 13.2 Å². The highest BCUT2D eigenvalue weighted by Crippen LogP contribution is 2.47. The van der Waals surface area contributed by atoms with Gasteiger partial charge in [0.05, 0.1) is 11.1 Å². The summed E-state index contributed by atoms with van der Waals surface area (Å²) >= 11 is 0. The van der Waals surface area contributed by atoms with Gasteiger partial charge >= 0.3 is 23.9 Å². The molecule has 2 unspecified atom stereocenters. The maximum atomic E-state index is 12.9. The minimum absolute atomic E-state index is 0.0820. The first kappa shape index (κ1) is 37.0. The predicted molar refractivity (Wildman–Crippen MR) is 188 cm³/mol. The average molecular weight is 709 g/mol. The first-order chi connectivity index (χ1) is 25.0. The number of esters is 4. The van der Waals surface area contributed by atoms with Crippen LogP contribution in [0.5, 0.6) is 23.0 Å². The van der Waals surface area contributed by atoms with Crippen LogP contribution in [0.25, 0.3) is 11.1 Å². The molecule has 1 aliphatic rings. The summed E-state index contributed by atoms with van der Waals surface area (Å²) in [5, 5.41) is 19.8. The number of ether oxygens (including phenoxy) is 6. The zero-order valence-electron chi connectivity index (χ0n) is 28.2. The quantitative estimate of drug-likeness (QED) is 0.0890. The molecule has 0 heterocycles. The third-order valence-electron chi connectivity index (χ3n) is 7.92. The van der Waals surface area contributed by atoms with E-state index in [1.807, 2.05) is 31.2 Å². The molecule has 268 valence electrons. The van der Waals surface area contributed by atoms with E-state index in [9.17, 15) is 29.4 Å². The Labute approximate surface area is 299 Å². The van der Waals surface area contributed by atoms with Crippen molar-refractivity contribution in [2.75, 3.05) is 26.4 Å². The number of carbonyl (C=O) groups is 4. The lowest BCUT2D eigenvalue weighted by Crippen LogP contribution is -2.24. The third-order valence-corrected chi connectivity index (χ3v) is 7.92. The van der Waals surface area contributed by atoms with Crippen LogP contribution >= 0.6 is 0 Å². The van der Waals surface area contributed by atoms with Crippen molar-refractivity contribution < 1.29 is 57.8 Å². The molecule has 12 heteroatoms. The molecule has 52 heavy (non-hydrogen) atoms. The van der Waals surface area contributed by atoms with Crippen LogP contribution in [0.2, 0.25) is 0 Å². The van der Waals surface area contributed by atoms with Gasteiger partial charge in [0, 0.05) is 18.1 Å². The number of hydrogen-bond acceptors (Lipinski definition) is 12. The van der Waals surface area contributed by atoms with Crippen molar-refractivity contribution in [3.63, 3.8) is 0 Å². The largest absolute Gasteiger partial charge is 0.491 e. The van der Waals surface area contributed by atoms with E-state index in [0.29, 0.717) is 34.1 Å². The monoisotopic (exact) mass is 708 g/mol. The van der Waals surface area contributed by atoms with E-state index < -0.39 is 36.1 Å². The highest BCUT2D eigenvalue weighted by atomic mass is 16.6. The highest BCUT2D eigenvalue weighted by Gasteiger charge is 2.27. The molecule has 4 aromatic rings. The van der Waals surface area contributed by atoms with Gasteiger partial charge in [-0.05, 0) is 95.1 Å². The van der Waals surface area contributed by atoms with Crippen LogP contribution in [-0.2, 0) is 19.1 Å². The number of rotatable bonds is 16. The number of carbonyl (C=O) groups excluding carboxylic acids is 4. The smallest absolute Gasteiger partial charge is 0.343 e. The Bertz CT molecular complexity index is 1810. The molecule has 0 bridgehead atoms. The lowest BCUT2D eigenvalue weighted by atomic mass is 9.99. The summed E-state index contributed by atoms with van der Waals surface area (Å²) in [6.45, 7) is 7.87. The van der Waals surface area contributed by atoms with Gasteiger partial charge in [-0.1, -0.05) is 32.2 Å². The number of hydrogen-bond donors (Lipinski definition) is 2. The molecule has 2 atom stereocenters. The molecular formula is C40H36O12. The second-order valence-corrected chi connectivity index (χ2v) is 11.6.